The maximum atomic E-state index is 12.4. The summed E-state index contributed by atoms with van der Waals surface area (Å²) in [6.07, 6.45) is 0. The van der Waals surface area contributed by atoms with Gasteiger partial charge in [-0.25, -0.2) is 0 Å². The van der Waals surface area contributed by atoms with Gasteiger partial charge < -0.3 is 9.80 Å². The van der Waals surface area contributed by atoms with E-state index in [0.717, 1.165) is 10.0 Å². The minimum atomic E-state index is -0.152. The Morgan fingerprint density at radius 3 is 2.35 bits per heavy atom. The van der Waals surface area contributed by atoms with Crippen molar-refractivity contribution in [2.75, 3.05) is 26.7 Å². The van der Waals surface area contributed by atoms with Gasteiger partial charge in [0.15, 0.2) is 0 Å². The number of rotatable bonds is 5. The van der Waals surface area contributed by atoms with Crippen LogP contribution in [0.2, 0.25) is 0 Å². The van der Waals surface area contributed by atoms with Crippen LogP contribution in [-0.2, 0) is 4.79 Å². The first-order valence-electron chi connectivity index (χ1n) is 6.70. The van der Waals surface area contributed by atoms with Gasteiger partial charge in [-0.2, -0.15) is 0 Å². The normalized spacial score (nSPS) is 10.2. The number of likely N-dealkylation sites (N-methyl/N-ethyl adjacent to an activating group) is 2. The van der Waals surface area contributed by atoms with Crippen LogP contribution in [-0.4, -0.2) is 48.3 Å². The van der Waals surface area contributed by atoms with Crippen LogP contribution in [0.1, 0.15) is 29.8 Å². The number of halogens is 1. The Bertz CT molecular complexity index is 499. The summed E-state index contributed by atoms with van der Waals surface area (Å²) in [4.78, 5) is 27.6. The third-order valence-corrected chi connectivity index (χ3v) is 4.31. The number of hydrogen-bond donors (Lipinski definition) is 0. The molecule has 0 saturated carbocycles. The Balaban J connectivity index is 2.82. The quantitative estimate of drug-likeness (QED) is 0.826. The van der Waals surface area contributed by atoms with Gasteiger partial charge in [-0.05, 0) is 48.3 Å². The van der Waals surface area contributed by atoms with E-state index in [1.165, 1.54) is 4.90 Å². The molecule has 0 unspecified atom stereocenters. The summed E-state index contributed by atoms with van der Waals surface area (Å²) in [5, 5.41) is 0. The Kier molecular flexibility index (Phi) is 6.20. The average molecular weight is 341 g/mol. The van der Waals surface area contributed by atoms with E-state index in [-0.39, 0.29) is 18.4 Å². The van der Waals surface area contributed by atoms with Crippen LogP contribution < -0.4 is 0 Å². The van der Waals surface area contributed by atoms with Crippen molar-refractivity contribution in [1.82, 2.24) is 9.80 Å². The van der Waals surface area contributed by atoms with E-state index in [2.05, 4.69) is 15.9 Å². The fourth-order valence-electron chi connectivity index (χ4n) is 1.97. The van der Waals surface area contributed by atoms with E-state index in [0.29, 0.717) is 18.7 Å². The van der Waals surface area contributed by atoms with Gasteiger partial charge in [0.25, 0.3) is 5.91 Å². The SMILES string of the molecule is CCN(CC)C(=O)CN(C)C(=O)c1cccc(C)c1Br. The van der Waals surface area contributed by atoms with Gasteiger partial charge >= 0.3 is 0 Å². The molecule has 0 N–H and O–H groups in total. The number of amides is 2. The summed E-state index contributed by atoms with van der Waals surface area (Å²) in [5.41, 5.74) is 1.58. The second kappa shape index (κ2) is 7.43. The molecule has 0 radical (unpaired) electrons. The number of hydrogen-bond acceptors (Lipinski definition) is 2. The average Bonchev–Trinajstić information content (AvgIpc) is 2.42. The zero-order valence-corrected chi connectivity index (χ0v) is 14.0. The van der Waals surface area contributed by atoms with Crippen molar-refractivity contribution in [2.45, 2.75) is 20.8 Å². The molecule has 1 aromatic carbocycles. The summed E-state index contributed by atoms with van der Waals surface area (Å²) >= 11 is 3.43. The molecule has 0 aliphatic carbocycles. The molecule has 0 spiro atoms. The minimum absolute atomic E-state index is 0.0328. The Morgan fingerprint density at radius 1 is 1.20 bits per heavy atom. The molecular weight excluding hydrogens is 320 g/mol. The molecule has 0 aliphatic heterocycles. The molecule has 0 saturated heterocycles. The summed E-state index contributed by atoms with van der Waals surface area (Å²) in [6, 6.07) is 5.53. The molecule has 0 aliphatic rings. The lowest BCUT2D eigenvalue weighted by molar-refractivity contribution is -0.131. The number of carbonyl (C=O) groups excluding carboxylic acids is 2. The van der Waals surface area contributed by atoms with Gasteiger partial charge in [0.05, 0.1) is 12.1 Å². The smallest absolute Gasteiger partial charge is 0.255 e. The molecular formula is C15H21BrN2O2. The van der Waals surface area contributed by atoms with E-state index >= 15 is 0 Å². The van der Waals surface area contributed by atoms with E-state index in [1.54, 1.807) is 18.0 Å². The second-order valence-corrected chi connectivity index (χ2v) is 5.46. The zero-order valence-electron chi connectivity index (χ0n) is 12.4. The van der Waals surface area contributed by atoms with Crippen molar-refractivity contribution in [3.8, 4) is 0 Å². The predicted octanol–water partition coefficient (Wildman–Crippen LogP) is 2.70. The number of carbonyl (C=O) groups is 2. The summed E-state index contributed by atoms with van der Waals surface area (Å²) < 4.78 is 0.784. The first kappa shape index (κ1) is 16.7. The Labute approximate surface area is 128 Å². The topological polar surface area (TPSA) is 40.6 Å². The van der Waals surface area contributed by atoms with Crippen LogP contribution >= 0.6 is 15.9 Å². The maximum absolute atomic E-state index is 12.4. The molecule has 110 valence electrons. The third-order valence-electron chi connectivity index (χ3n) is 3.26. The van der Waals surface area contributed by atoms with Gasteiger partial charge in [-0.1, -0.05) is 12.1 Å². The monoisotopic (exact) mass is 340 g/mol. The molecule has 0 heterocycles. The van der Waals surface area contributed by atoms with Crippen LogP contribution in [0.25, 0.3) is 0 Å². The fraction of sp³-hybridized carbons (Fsp3) is 0.467. The minimum Gasteiger partial charge on any atom is -0.342 e. The molecule has 2 amide bonds. The molecule has 0 bridgehead atoms. The lowest BCUT2D eigenvalue weighted by Gasteiger charge is -2.23. The van der Waals surface area contributed by atoms with E-state index in [4.69, 9.17) is 0 Å². The van der Waals surface area contributed by atoms with Crippen LogP contribution in [0.3, 0.4) is 0 Å². The molecule has 4 nitrogen and oxygen atoms in total. The van der Waals surface area contributed by atoms with Crippen LogP contribution in [0, 0.1) is 6.92 Å². The Morgan fingerprint density at radius 2 is 1.80 bits per heavy atom. The first-order chi connectivity index (χ1) is 9.42. The molecule has 5 heteroatoms. The van der Waals surface area contributed by atoms with Crippen molar-refractivity contribution in [1.29, 1.82) is 0 Å². The fourth-order valence-corrected chi connectivity index (χ4v) is 2.40. The highest BCUT2D eigenvalue weighted by Crippen LogP contribution is 2.22. The highest BCUT2D eigenvalue weighted by atomic mass is 79.9. The van der Waals surface area contributed by atoms with Crippen LogP contribution in [0.4, 0.5) is 0 Å². The molecule has 1 rings (SSSR count). The predicted molar refractivity (Wildman–Crippen MR) is 83.8 cm³/mol. The highest BCUT2D eigenvalue weighted by Gasteiger charge is 2.19. The molecule has 20 heavy (non-hydrogen) atoms. The largest absolute Gasteiger partial charge is 0.342 e. The standard InChI is InChI=1S/C15H21BrN2O2/c1-5-18(6-2)13(19)10-17(4)15(20)12-9-7-8-11(3)14(12)16/h7-9H,5-6,10H2,1-4H3. The molecule has 0 fully saturated rings. The van der Waals surface area contributed by atoms with Crippen LogP contribution in [0.5, 0.6) is 0 Å². The van der Waals surface area contributed by atoms with E-state index in [1.807, 2.05) is 32.9 Å². The van der Waals surface area contributed by atoms with Crippen molar-refractivity contribution in [3.05, 3.63) is 33.8 Å². The maximum Gasteiger partial charge on any atom is 0.255 e. The van der Waals surface area contributed by atoms with Crippen molar-refractivity contribution in [3.63, 3.8) is 0 Å². The number of aryl methyl sites for hydroxylation is 1. The Hall–Kier alpha value is -1.36. The molecule has 1 aromatic rings. The summed E-state index contributed by atoms with van der Waals surface area (Å²) in [7, 11) is 1.65. The van der Waals surface area contributed by atoms with Gasteiger partial charge in [0.2, 0.25) is 5.91 Å². The van der Waals surface area contributed by atoms with Gasteiger partial charge in [0.1, 0.15) is 0 Å². The molecule has 0 atom stereocenters. The van der Waals surface area contributed by atoms with Gasteiger partial charge in [0, 0.05) is 24.6 Å². The summed E-state index contributed by atoms with van der Waals surface area (Å²) in [6.45, 7) is 7.21. The van der Waals surface area contributed by atoms with E-state index in [9.17, 15) is 9.59 Å². The first-order valence-corrected chi connectivity index (χ1v) is 7.50. The number of benzene rings is 1. The lowest BCUT2D eigenvalue weighted by Crippen LogP contribution is -2.41. The van der Waals surface area contributed by atoms with Gasteiger partial charge in [-0.15, -0.1) is 0 Å². The lowest BCUT2D eigenvalue weighted by atomic mass is 10.1. The second-order valence-electron chi connectivity index (χ2n) is 4.66. The van der Waals surface area contributed by atoms with Crippen molar-refractivity contribution in [2.24, 2.45) is 0 Å². The zero-order chi connectivity index (χ0) is 15.3. The van der Waals surface area contributed by atoms with Crippen LogP contribution in [0.15, 0.2) is 22.7 Å². The van der Waals surface area contributed by atoms with Gasteiger partial charge in [-0.3, -0.25) is 9.59 Å². The van der Waals surface area contributed by atoms with E-state index < -0.39 is 0 Å². The molecule has 0 aromatic heterocycles. The van der Waals surface area contributed by atoms with Crippen molar-refractivity contribution >= 4 is 27.7 Å². The third kappa shape index (κ3) is 3.82. The highest BCUT2D eigenvalue weighted by molar-refractivity contribution is 9.10. The number of nitrogens with zero attached hydrogens (tertiary/aromatic N) is 2. The summed E-state index contributed by atoms with van der Waals surface area (Å²) in [5.74, 6) is -0.185. The van der Waals surface area contributed by atoms with Crippen molar-refractivity contribution < 1.29 is 9.59 Å².